The zero-order chi connectivity index (χ0) is 13.2. The van der Waals surface area contributed by atoms with Gasteiger partial charge in [0.2, 0.25) is 0 Å². The first-order valence-corrected chi connectivity index (χ1v) is 6.47. The van der Waals surface area contributed by atoms with E-state index in [1.807, 2.05) is 19.1 Å². The Morgan fingerprint density at radius 1 is 1.32 bits per heavy atom. The molecule has 0 radical (unpaired) electrons. The van der Waals surface area contributed by atoms with Gasteiger partial charge in [-0.15, -0.1) is 0 Å². The van der Waals surface area contributed by atoms with E-state index < -0.39 is 0 Å². The molecule has 1 aliphatic carbocycles. The molecule has 1 aromatic heterocycles. The molecule has 1 N–H and O–H groups in total. The van der Waals surface area contributed by atoms with E-state index in [2.05, 4.69) is 40.6 Å². The quantitative estimate of drug-likeness (QED) is 0.909. The highest BCUT2D eigenvalue weighted by molar-refractivity contribution is 5.53. The number of benzene rings is 1. The topological polar surface area (TPSA) is 48.7 Å². The first-order chi connectivity index (χ1) is 9.28. The number of fused-ring (bicyclic) bond motifs is 1. The predicted molar refractivity (Wildman–Crippen MR) is 75.1 cm³/mol. The van der Waals surface area contributed by atoms with Crippen LogP contribution in [0, 0.1) is 18.3 Å². The van der Waals surface area contributed by atoms with Crippen molar-refractivity contribution >= 4 is 5.82 Å². The predicted octanol–water partition coefficient (Wildman–Crippen LogP) is 3.01. The van der Waals surface area contributed by atoms with E-state index in [0.29, 0.717) is 17.3 Å². The molecule has 19 heavy (non-hydrogen) atoms. The Morgan fingerprint density at radius 3 is 2.95 bits per heavy atom. The van der Waals surface area contributed by atoms with Gasteiger partial charge in [0, 0.05) is 18.2 Å². The molecule has 0 aliphatic heterocycles. The SMILES string of the molecule is Cc1ccc(C#N)c(NCC2Cc3ccccc32)n1. The van der Waals surface area contributed by atoms with Crippen molar-refractivity contribution in [3.63, 3.8) is 0 Å². The molecule has 0 amide bonds. The van der Waals surface area contributed by atoms with Crippen molar-refractivity contribution in [3.05, 3.63) is 58.8 Å². The molecule has 0 fully saturated rings. The zero-order valence-corrected chi connectivity index (χ0v) is 10.9. The molecule has 1 aromatic carbocycles. The van der Waals surface area contributed by atoms with Gasteiger partial charge in [-0.2, -0.15) is 5.26 Å². The van der Waals surface area contributed by atoms with Crippen molar-refractivity contribution in [2.75, 3.05) is 11.9 Å². The molecule has 1 heterocycles. The third-order valence-electron chi connectivity index (χ3n) is 3.63. The Kier molecular flexibility index (Phi) is 2.92. The van der Waals surface area contributed by atoms with Crippen molar-refractivity contribution < 1.29 is 0 Å². The maximum atomic E-state index is 9.07. The Bertz CT molecular complexity index is 655. The van der Waals surface area contributed by atoms with Gasteiger partial charge in [-0.25, -0.2) is 4.98 Å². The molecule has 94 valence electrons. The van der Waals surface area contributed by atoms with Crippen LogP contribution in [0.15, 0.2) is 36.4 Å². The number of anilines is 1. The molecular weight excluding hydrogens is 234 g/mol. The van der Waals surface area contributed by atoms with E-state index in [1.54, 1.807) is 0 Å². The second kappa shape index (κ2) is 4.74. The van der Waals surface area contributed by atoms with Gasteiger partial charge < -0.3 is 5.32 Å². The van der Waals surface area contributed by atoms with Crippen LogP contribution in [0.4, 0.5) is 5.82 Å². The molecule has 2 aromatic rings. The summed E-state index contributed by atoms with van der Waals surface area (Å²) in [6.07, 6.45) is 1.11. The summed E-state index contributed by atoms with van der Waals surface area (Å²) in [6, 6.07) is 14.4. The van der Waals surface area contributed by atoms with Gasteiger partial charge in [-0.3, -0.25) is 0 Å². The number of hydrogen-bond acceptors (Lipinski definition) is 3. The van der Waals surface area contributed by atoms with Crippen molar-refractivity contribution in [2.45, 2.75) is 19.3 Å². The van der Waals surface area contributed by atoms with E-state index >= 15 is 0 Å². The number of pyridine rings is 1. The molecule has 1 aliphatic rings. The fourth-order valence-electron chi connectivity index (χ4n) is 2.55. The minimum atomic E-state index is 0.532. The largest absolute Gasteiger partial charge is 0.368 e. The summed E-state index contributed by atoms with van der Waals surface area (Å²) in [6.45, 7) is 2.77. The van der Waals surface area contributed by atoms with Crippen LogP contribution in [-0.2, 0) is 6.42 Å². The van der Waals surface area contributed by atoms with Crippen LogP contribution < -0.4 is 5.32 Å². The fraction of sp³-hybridized carbons (Fsp3) is 0.250. The molecule has 3 rings (SSSR count). The van der Waals surface area contributed by atoms with Gasteiger partial charge in [-0.1, -0.05) is 24.3 Å². The lowest BCUT2D eigenvalue weighted by Gasteiger charge is -2.30. The maximum absolute atomic E-state index is 9.07. The van der Waals surface area contributed by atoms with Crippen LogP contribution in [0.5, 0.6) is 0 Å². The highest BCUT2D eigenvalue weighted by Crippen LogP contribution is 2.34. The van der Waals surface area contributed by atoms with Crippen LogP contribution in [0.1, 0.15) is 28.3 Å². The third kappa shape index (κ3) is 2.17. The van der Waals surface area contributed by atoms with Gasteiger partial charge in [0.25, 0.3) is 0 Å². The van der Waals surface area contributed by atoms with E-state index in [0.717, 1.165) is 18.7 Å². The lowest BCUT2D eigenvalue weighted by molar-refractivity contribution is 0.634. The minimum Gasteiger partial charge on any atom is -0.368 e. The first kappa shape index (κ1) is 11.7. The highest BCUT2D eigenvalue weighted by Gasteiger charge is 2.25. The third-order valence-corrected chi connectivity index (χ3v) is 3.63. The molecule has 1 unspecified atom stereocenters. The lowest BCUT2D eigenvalue weighted by atomic mass is 9.77. The average Bonchev–Trinajstić information content (AvgIpc) is 2.40. The lowest BCUT2D eigenvalue weighted by Crippen LogP contribution is -2.24. The normalized spacial score (nSPS) is 16.1. The monoisotopic (exact) mass is 249 g/mol. The molecule has 0 bridgehead atoms. The van der Waals surface area contributed by atoms with Gasteiger partial charge in [0.15, 0.2) is 0 Å². The van der Waals surface area contributed by atoms with Gasteiger partial charge in [-0.05, 0) is 36.6 Å². The van der Waals surface area contributed by atoms with Crippen LogP contribution in [0.3, 0.4) is 0 Å². The summed E-state index contributed by atoms with van der Waals surface area (Å²) >= 11 is 0. The number of rotatable bonds is 3. The number of aromatic nitrogens is 1. The summed E-state index contributed by atoms with van der Waals surface area (Å²) in [5, 5.41) is 12.4. The standard InChI is InChI=1S/C16H15N3/c1-11-6-7-13(9-17)16(19-11)18-10-14-8-12-4-2-3-5-15(12)14/h2-7,14H,8,10H2,1H3,(H,18,19). The van der Waals surface area contributed by atoms with Crippen LogP contribution in [0.25, 0.3) is 0 Å². The zero-order valence-electron chi connectivity index (χ0n) is 10.9. The van der Waals surface area contributed by atoms with Crippen LogP contribution in [-0.4, -0.2) is 11.5 Å². The Balaban J connectivity index is 1.72. The Hall–Kier alpha value is -2.34. The number of hydrogen-bond donors (Lipinski definition) is 1. The van der Waals surface area contributed by atoms with E-state index in [-0.39, 0.29) is 0 Å². The van der Waals surface area contributed by atoms with E-state index in [9.17, 15) is 0 Å². The summed E-state index contributed by atoms with van der Waals surface area (Å²) in [5.74, 6) is 1.23. The van der Waals surface area contributed by atoms with E-state index in [4.69, 9.17) is 5.26 Å². The van der Waals surface area contributed by atoms with Crippen molar-refractivity contribution in [1.82, 2.24) is 4.98 Å². The number of nitriles is 1. The number of aryl methyl sites for hydroxylation is 1. The van der Waals surface area contributed by atoms with Crippen LogP contribution in [0.2, 0.25) is 0 Å². The number of nitrogens with one attached hydrogen (secondary N) is 1. The molecule has 0 saturated carbocycles. The van der Waals surface area contributed by atoms with Crippen LogP contribution >= 0.6 is 0 Å². The summed E-state index contributed by atoms with van der Waals surface area (Å²) in [5.41, 5.74) is 4.39. The summed E-state index contributed by atoms with van der Waals surface area (Å²) in [7, 11) is 0. The number of nitrogens with zero attached hydrogens (tertiary/aromatic N) is 2. The smallest absolute Gasteiger partial charge is 0.144 e. The van der Waals surface area contributed by atoms with Crippen molar-refractivity contribution in [1.29, 1.82) is 5.26 Å². The van der Waals surface area contributed by atoms with E-state index in [1.165, 1.54) is 11.1 Å². The highest BCUT2D eigenvalue weighted by atomic mass is 15.0. The Labute approximate surface area is 112 Å². The Morgan fingerprint density at radius 2 is 2.16 bits per heavy atom. The van der Waals surface area contributed by atoms with Gasteiger partial charge in [0.1, 0.15) is 11.9 Å². The second-order valence-electron chi connectivity index (χ2n) is 4.94. The average molecular weight is 249 g/mol. The first-order valence-electron chi connectivity index (χ1n) is 6.47. The molecule has 0 spiro atoms. The fourth-order valence-corrected chi connectivity index (χ4v) is 2.55. The molecular formula is C16H15N3. The second-order valence-corrected chi connectivity index (χ2v) is 4.94. The van der Waals surface area contributed by atoms with Crippen molar-refractivity contribution in [2.24, 2.45) is 0 Å². The minimum absolute atomic E-state index is 0.532. The van der Waals surface area contributed by atoms with Gasteiger partial charge in [0.05, 0.1) is 5.56 Å². The van der Waals surface area contributed by atoms with Crippen molar-refractivity contribution in [3.8, 4) is 6.07 Å². The molecule has 3 heteroatoms. The molecule has 0 saturated heterocycles. The molecule has 3 nitrogen and oxygen atoms in total. The maximum Gasteiger partial charge on any atom is 0.144 e. The summed E-state index contributed by atoms with van der Waals surface area (Å²) in [4.78, 5) is 4.40. The molecule has 1 atom stereocenters. The summed E-state index contributed by atoms with van der Waals surface area (Å²) < 4.78 is 0. The van der Waals surface area contributed by atoms with Gasteiger partial charge >= 0.3 is 0 Å².